The maximum atomic E-state index is 12.1. The highest BCUT2D eigenvalue weighted by Gasteiger charge is 2.06. The van der Waals surface area contributed by atoms with Crippen molar-refractivity contribution >= 4 is 29.2 Å². The molecule has 5 nitrogen and oxygen atoms in total. The van der Waals surface area contributed by atoms with E-state index in [1.165, 1.54) is 0 Å². The minimum absolute atomic E-state index is 0.0283. The van der Waals surface area contributed by atoms with E-state index < -0.39 is 0 Å². The highest BCUT2D eigenvalue weighted by molar-refractivity contribution is 7.98. The van der Waals surface area contributed by atoms with E-state index in [0.29, 0.717) is 16.8 Å². The molecule has 0 saturated carbocycles. The van der Waals surface area contributed by atoms with Crippen LogP contribution in [-0.2, 0) is 0 Å². The van der Waals surface area contributed by atoms with Gasteiger partial charge in [0.15, 0.2) is 5.84 Å². The molecule has 0 aliphatic heterocycles. The molecule has 108 valence electrons. The van der Waals surface area contributed by atoms with Crippen molar-refractivity contribution in [1.82, 2.24) is 0 Å². The fourth-order valence-electron chi connectivity index (χ4n) is 1.73. The Bertz CT molecular complexity index is 652. The lowest BCUT2D eigenvalue weighted by Gasteiger charge is -2.06. The van der Waals surface area contributed by atoms with E-state index >= 15 is 0 Å². The molecule has 0 aliphatic rings. The number of hydrogen-bond acceptors (Lipinski definition) is 4. The van der Waals surface area contributed by atoms with Crippen LogP contribution >= 0.6 is 11.8 Å². The molecule has 0 aromatic heterocycles. The zero-order chi connectivity index (χ0) is 15.2. The molecular weight excluding hydrogens is 286 g/mol. The van der Waals surface area contributed by atoms with E-state index in [0.717, 1.165) is 4.90 Å². The molecule has 6 heteroatoms. The summed E-state index contributed by atoms with van der Waals surface area (Å²) in [4.78, 5) is 13.2. The largest absolute Gasteiger partial charge is 0.409 e. The van der Waals surface area contributed by atoms with Gasteiger partial charge in [-0.2, -0.15) is 0 Å². The molecule has 0 bridgehead atoms. The van der Waals surface area contributed by atoms with Crippen LogP contribution in [0.2, 0.25) is 0 Å². The number of anilines is 1. The van der Waals surface area contributed by atoms with Crippen molar-refractivity contribution in [2.45, 2.75) is 4.90 Å². The number of carbonyl (C=O) groups is 1. The standard InChI is InChI=1S/C15H15N3O2S/c1-21-13-8-4-11(5-9-13)15(19)17-12-6-2-10(3-7-12)14(16)18-20/h2-9,20H,1H3,(H2,16,18)(H,17,19). The molecule has 1 amide bonds. The lowest BCUT2D eigenvalue weighted by atomic mass is 10.1. The van der Waals surface area contributed by atoms with Gasteiger partial charge in [-0.25, -0.2) is 0 Å². The zero-order valence-corrected chi connectivity index (χ0v) is 12.2. The second-order valence-electron chi connectivity index (χ2n) is 4.25. The number of oxime groups is 1. The highest BCUT2D eigenvalue weighted by atomic mass is 32.2. The predicted octanol–water partition coefficient (Wildman–Crippen LogP) is 2.76. The van der Waals surface area contributed by atoms with Crippen molar-refractivity contribution in [3.8, 4) is 0 Å². The number of nitrogens with one attached hydrogen (secondary N) is 1. The number of benzene rings is 2. The lowest BCUT2D eigenvalue weighted by molar-refractivity contribution is 0.102. The molecule has 4 N–H and O–H groups in total. The number of amidine groups is 1. The molecule has 0 heterocycles. The third-order valence-electron chi connectivity index (χ3n) is 2.90. The third kappa shape index (κ3) is 3.76. The van der Waals surface area contributed by atoms with Gasteiger partial charge in [-0.3, -0.25) is 4.79 Å². The minimum Gasteiger partial charge on any atom is -0.409 e. The number of thioether (sulfide) groups is 1. The Morgan fingerprint density at radius 3 is 2.19 bits per heavy atom. The van der Waals surface area contributed by atoms with Crippen LogP contribution in [-0.4, -0.2) is 23.2 Å². The molecule has 0 unspecified atom stereocenters. The molecule has 21 heavy (non-hydrogen) atoms. The first-order valence-corrected chi connectivity index (χ1v) is 7.40. The van der Waals surface area contributed by atoms with Gasteiger partial charge < -0.3 is 16.3 Å². The summed E-state index contributed by atoms with van der Waals surface area (Å²) >= 11 is 1.62. The molecule has 0 radical (unpaired) electrons. The summed E-state index contributed by atoms with van der Waals surface area (Å²) in [6.07, 6.45) is 1.98. The van der Waals surface area contributed by atoms with Gasteiger partial charge in [0.1, 0.15) is 0 Å². The monoisotopic (exact) mass is 301 g/mol. The van der Waals surface area contributed by atoms with E-state index in [-0.39, 0.29) is 11.7 Å². The minimum atomic E-state index is -0.181. The van der Waals surface area contributed by atoms with Crippen molar-refractivity contribution in [3.05, 3.63) is 59.7 Å². The smallest absolute Gasteiger partial charge is 0.255 e. The SMILES string of the molecule is CSc1ccc(C(=O)Nc2ccc(C(N)=NO)cc2)cc1. The van der Waals surface area contributed by atoms with E-state index in [2.05, 4.69) is 10.5 Å². The average Bonchev–Trinajstić information content (AvgIpc) is 2.55. The van der Waals surface area contributed by atoms with E-state index in [9.17, 15) is 4.79 Å². The van der Waals surface area contributed by atoms with Crippen LogP contribution in [0.3, 0.4) is 0 Å². The summed E-state index contributed by atoms with van der Waals surface area (Å²) in [6, 6.07) is 14.1. The molecule has 0 aliphatic carbocycles. The Balaban J connectivity index is 2.08. The van der Waals surface area contributed by atoms with Gasteiger partial charge in [-0.05, 0) is 54.8 Å². The Kier molecular flexibility index (Phi) is 4.84. The summed E-state index contributed by atoms with van der Waals surface area (Å²) in [7, 11) is 0. The van der Waals surface area contributed by atoms with Crippen LogP contribution in [0, 0.1) is 0 Å². The second-order valence-corrected chi connectivity index (χ2v) is 5.12. The third-order valence-corrected chi connectivity index (χ3v) is 3.64. The summed E-state index contributed by atoms with van der Waals surface area (Å²) < 4.78 is 0. The van der Waals surface area contributed by atoms with Crippen molar-refractivity contribution < 1.29 is 10.0 Å². The second kappa shape index (κ2) is 6.81. The first-order valence-electron chi connectivity index (χ1n) is 6.17. The maximum Gasteiger partial charge on any atom is 0.255 e. The zero-order valence-electron chi connectivity index (χ0n) is 11.4. The Morgan fingerprint density at radius 1 is 1.10 bits per heavy atom. The first-order chi connectivity index (χ1) is 10.1. The van der Waals surface area contributed by atoms with E-state index in [1.807, 2.05) is 18.4 Å². The molecule has 0 saturated heterocycles. The van der Waals surface area contributed by atoms with E-state index in [1.54, 1.807) is 48.2 Å². The van der Waals surface area contributed by atoms with Gasteiger partial charge in [0.2, 0.25) is 0 Å². The molecule has 2 aromatic rings. The maximum absolute atomic E-state index is 12.1. The first kappa shape index (κ1) is 14.9. The van der Waals surface area contributed by atoms with Gasteiger partial charge in [0.05, 0.1) is 0 Å². The quantitative estimate of drug-likeness (QED) is 0.266. The molecular formula is C15H15N3O2S. The van der Waals surface area contributed by atoms with Crippen LogP contribution in [0.5, 0.6) is 0 Å². The topological polar surface area (TPSA) is 87.7 Å². The number of nitrogens with zero attached hydrogens (tertiary/aromatic N) is 1. The Hall–Kier alpha value is -2.47. The summed E-state index contributed by atoms with van der Waals surface area (Å²) in [5.74, 6) is -0.153. The normalized spacial score (nSPS) is 11.2. The number of nitrogens with two attached hydrogens (primary N) is 1. The van der Waals surface area contributed by atoms with E-state index in [4.69, 9.17) is 10.9 Å². The number of amides is 1. The van der Waals surface area contributed by atoms with Crippen molar-refractivity contribution in [1.29, 1.82) is 0 Å². The van der Waals surface area contributed by atoms with Gasteiger partial charge in [-0.15, -0.1) is 11.8 Å². The van der Waals surface area contributed by atoms with Crippen LogP contribution in [0.25, 0.3) is 0 Å². The number of rotatable bonds is 4. The van der Waals surface area contributed by atoms with Gasteiger partial charge >= 0.3 is 0 Å². The highest BCUT2D eigenvalue weighted by Crippen LogP contribution is 2.16. The molecule has 0 spiro atoms. The molecule has 2 aromatic carbocycles. The van der Waals surface area contributed by atoms with Crippen LogP contribution in [0.4, 0.5) is 5.69 Å². The number of hydrogen-bond donors (Lipinski definition) is 3. The van der Waals surface area contributed by atoms with Crippen LogP contribution in [0.15, 0.2) is 58.6 Å². The fraction of sp³-hybridized carbons (Fsp3) is 0.0667. The van der Waals surface area contributed by atoms with Gasteiger partial charge in [0, 0.05) is 21.7 Å². The van der Waals surface area contributed by atoms with Crippen LogP contribution in [0.1, 0.15) is 15.9 Å². The predicted molar refractivity (Wildman–Crippen MR) is 85.1 cm³/mol. The van der Waals surface area contributed by atoms with Gasteiger partial charge in [0.25, 0.3) is 5.91 Å². The summed E-state index contributed by atoms with van der Waals surface area (Å²) in [6.45, 7) is 0. The Morgan fingerprint density at radius 2 is 1.67 bits per heavy atom. The summed E-state index contributed by atoms with van der Waals surface area (Å²) in [5.41, 5.74) is 7.29. The summed E-state index contributed by atoms with van der Waals surface area (Å²) in [5, 5.41) is 14.3. The van der Waals surface area contributed by atoms with Crippen molar-refractivity contribution in [3.63, 3.8) is 0 Å². The lowest BCUT2D eigenvalue weighted by Crippen LogP contribution is -2.14. The molecule has 0 atom stereocenters. The average molecular weight is 301 g/mol. The van der Waals surface area contributed by atoms with Crippen molar-refractivity contribution in [2.75, 3.05) is 11.6 Å². The molecule has 2 rings (SSSR count). The van der Waals surface area contributed by atoms with Crippen LogP contribution < -0.4 is 11.1 Å². The molecule has 0 fully saturated rings. The fourth-order valence-corrected chi connectivity index (χ4v) is 2.14. The number of carbonyl (C=O) groups excluding carboxylic acids is 1. The van der Waals surface area contributed by atoms with Gasteiger partial charge in [-0.1, -0.05) is 5.16 Å². The van der Waals surface area contributed by atoms with Crippen molar-refractivity contribution in [2.24, 2.45) is 10.9 Å². The Labute approximate surface area is 126 Å².